The average Bonchev–Trinajstić information content (AvgIpc) is 2.71. The number of benzene rings is 2. The second kappa shape index (κ2) is 9.66. The van der Waals surface area contributed by atoms with Crippen LogP contribution in [0.3, 0.4) is 0 Å². The van der Waals surface area contributed by atoms with Gasteiger partial charge in [-0.3, -0.25) is 4.79 Å². The Kier molecular flexibility index (Phi) is 7.01. The monoisotopic (exact) mass is 404 g/mol. The van der Waals surface area contributed by atoms with Crippen molar-refractivity contribution in [2.45, 2.75) is 13.8 Å². The molecule has 28 heavy (non-hydrogen) atoms. The van der Waals surface area contributed by atoms with Gasteiger partial charge in [-0.15, -0.1) is 0 Å². The molecule has 1 aliphatic rings. The van der Waals surface area contributed by atoms with Gasteiger partial charge in [-0.2, -0.15) is 0 Å². The lowest BCUT2D eigenvalue weighted by atomic mass is 10.1. The molecule has 0 spiro atoms. The van der Waals surface area contributed by atoms with Crippen LogP contribution in [0, 0.1) is 0 Å². The van der Waals surface area contributed by atoms with Gasteiger partial charge in [0.05, 0.1) is 37.8 Å². The Morgan fingerprint density at radius 3 is 2.36 bits per heavy atom. The smallest absolute Gasteiger partial charge is 0.255 e. The number of nitrogens with zero attached hydrogens (tertiary/aromatic N) is 1. The molecule has 1 fully saturated rings. The molecule has 1 saturated heterocycles. The fraction of sp³-hybridized carbons (Fsp3) is 0.381. The van der Waals surface area contributed by atoms with Crippen molar-refractivity contribution < 1.29 is 19.0 Å². The molecule has 0 saturated carbocycles. The van der Waals surface area contributed by atoms with Crippen LogP contribution >= 0.6 is 11.6 Å². The molecule has 1 N–H and O–H groups in total. The van der Waals surface area contributed by atoms with Gasteiger partial charge in [-0.1, -0.05) is 11.6 Å². The highest BCUT2D eigenvalue weighted by atomic mass is 35.5. The molecular weight excluding hydrogens is 380 g/mol. The van der Waals surface area contributed by atoms with Gasteiger partial charge in [0, 0.05) is 35.8 Å². The molecule has 150 valence electrons. The van der Waals surface area contributed by atoms with Crippen molar-refractivity contribution in [3.05, 3.63) is 47.0 Å². The fourth-order valence-corrected chi connectivity index (χ4v) is 3.17. The van der Waals surface area contributed by atoms with E-state index in [9.17, 15) is 4.79 Å². The lowest BCUT2D eigenvalue weighted by Gasteiger charge is -2.31. The summed E-state index contributed by atoms with van der Waals surface area (Å²) in [6, 6.07) is 10.5. The maximum absolute atomic E-state index is 12.7. The van der Waals surface area contributed by atoms with Crippen LogP contribution < -0.4 is 19.7 Å². The molecule has 0 aliphatic carbocycles. The second-order valence-electron chi connectivity index (χ2n) is 6.24. The largest absolute Gasteiger partial charge is 0.492 e. The van der Waals surface area contributed by atoms with Gasteiger partial charge >= 0.3 is 0 Å². The average molecular weight is 405 g/mol. The van der Waals surface area contributed by atoms with Gasteiger partial charge in [0.25, 0.3) is 5.91 Å². The summed E-state index contributed by atoms with van der Waals surface area (Å²) in [5.74, 6) is 1.08. The summed E-state index contributed by atoms with van der Waals surface area (Å²) in [6.45, 7) is 7.76. The predicted molar refractivity (Wildman–Crippen MR) is 111 cm³/mol. The lowest BCUT2D eigenvalue weighted by Crippen LogP contribution is -2.36. The van der Waals surface area contributed by atoms with E-state index in [2.05, 4.69) is 10.2 Å². The van der Waals surface area contributed by atoms with Gasteiger partial charge < -0.3 is 24.4 Å². The number of hydrogen-bond donors (Lipinski definition) is 1. The molecule has 0 aromatic heterocycles. The fourth-order valence-electron chi connectivity index (χ4n) is 3.04. The molecule has 1 aliphatic heterocycles. The second-order valence-corrected chi connectivity index (χ2v) is 6.68. The van der Waals surface area contributed by atoms with Crippen LogP contribution in [-0.4, -0.2) is 45.4 Å². The number of anilines is 2. The summed E-state index contributed by atoms with van der Waals surface area (Å²) in [7, 11) is 0. The quantitative estimate of drug-likeness (QED) is 0.748. The number of amides is 1. The molecule has 3 rings (SSSR count). The van der Waals surface area contributed by atoms with Crippen LogP contribution in [0.1, 0.15) is 24.2 Å². The first-order valence-electron chi connectivity index (χ1n) is 9.45. The summed E-state index contributed by atoms with van der Waals surface area (Å²) in [4.78, 5) is 14.9. The highest BCUT2D eigenvalue weighted by molar-refractivity contribution is 6.30. The Hall–Kier alpha value is -2.44. The van der Waals surface area contributed by atoms with Crippen molar-refractivity contribution in [3.63, 3.8) is 0 Å². The molecule has 1 heterocycles. The van der Waals surface area contributed by atoms with E-state index in [0.29, 0.717) is 54.2 Å². The van der Waals surface area contributed by atoms with Crippen LogP contribution in [0.25, 0.3) is 0 Å². The molecule has 6 nitrogen and oxygen atoms in total. The minimum atomic E-state index is -0.237. The van der Waals surface area contributed by atoms with Crippen molar-refractivity contribution in [2.75, 3.05) is 49.7 Å². The summed E-state index contributed by atoms with van der Waals surface area (Å²) in [6.07, 6.45) is 0. The topological polar surface area (TPSA) is 60.0 Å². The zero-order chi connectivity index (χ0) is 19.9. The highest BCUT2D eigenvalue weighted by Gasteiger charge is 2.20. The first-order chi connectivity index (χ1) is 13.6. The summed E-state index contributed by atoms with van der Waals surface area (Å²) >= 11 is 5.91. The maximum Gasteiger partial charge on any atom is 0.255 e. The molecule has 0 bridgehead atoms. The van der Waals surface area contributed by atoms with E-state index in [1.54, 1.807) is 24.3 Å². The van der Waals surface area contributed by atoms with Crippen LogP contribution in [0.4, 0.5) is 11.4 Å². The van der Waals surface area contributed by atoms with Gasteiger partial charge in [-0.05, 0) is 38.1 Å². The van der Waals surface area contributed by atoms with E-state index in [0.717, 1.165) is 18.8 Å². The standard InChI is InChI=1S/C21H25ClN2O4/c1-3-27-19-14-18(24-9-11-26-12-10-24)20(28-4-2)13-17(19)23-21(25)15-5-7-16(22)8-6-15/h5-8,13-14H,3-4,9-12H2,1-2H3,(H,23,25). The van der Waals surface area contributed by atoms with E-state index in [4.69, 9.17) is 25.8 Å². The number of carbonyl (C=O) groups excluding carboxylic acids is 1. The third kappa shape index (κ3) is 4.88. The minimum Gasteiger partial charge on any atom is -0.492 e. The number of halogens is 1. The number of morpholine rings is 1. The Bertz CT molecular complexity index is 805. The SMILES string of the molecule is CCOc1cc(N2CCOCC2)c(OCC)cc1NC(=O)c1ccc(Cl)cc1. The molecule has 0 radical (unpaired) electrons. The molecule has 0 unspecified atom stereocenters. The Morgan fingerprint density at radius 2 is 1.71 bits per heavy atom. The predicted octanol–water partition coefficient (Wildman–Crippen LogP) is 4.23. The van der Waals surface area contributed by atoms with E-state index in [1.807, 2.05) is 26.0 Å². The third-order valence-electron chi connectivity index (χ3n) is 4.37. The number of carbonyl (C=O) groups is 1. The molecule has 2 aromatic rings. The maximum atomic E-state index is 12.7. The van der Waals surface area contributed by atoms with Crippen molar-refractivity contribution in [1.82, 2.24) is 0 Å². The van der Waals surface area contributed by atoms with Gasteiger partial charge in [0.1, 0.15) is 11.5 Å². The van der Waals surface area contributed by atoms with Crippen LogP contribution in [0.2, 0.25) is 5.02 Å². The molecule has 0 atom stereocenters. The summed E-state index contributed by atoms with van der Waals surface area (Å²) in [5, 5.41) is 3.51. The van der Waals surface area contributed by atoms with E-state index >= 15 is 0 Å². The Labute approximate surface area is 170 Å². The number of ether oxygens (including phenoxy) is 3. The minimum absolute atomic E-state index is 0.237. The van der Waals surface area contributed by atoms with Gasteiger partial charge in [0.15, 0.2) is 0 Å². The lowest BCUT2D eigenvalue weighted by molar-refractivity contribution is 0.102. The van der Waals surface area contributed by atoms with Crippen molar-refractivity contribution in [1.29, 1.82) is 0 Å². The Balaban J connectivity index is 1.93. The van der Waals surface area contributed by atoms with E-state index < -0.39 is 0 Å². The third-order valence-corrected chi connectivity index (χ3v) is 4.62. The van der Waals surface area contributed by atoms with Gasteiger partial charge in [-0.25, -0.2) is 0 Å². The first kappa shape index (κ1) is 20.3. The Morgan fingerprint density at radius 1 is 1.07 bits per heavy atom. The van der Waals surface area contributed by atoms with E-state index in [1.165, 1.54) is 0 Å². The van der Waals surface area contributed by atoms with Gasteiger partial charge in [0.2, 0.25) is 0 Å². The zero-order valence-electron chi connectivity index (χ0n) is 16.2. The number of rotatable bonds is 7. The molecule has 2 aromatic carbocycles. The van der Waals surface area contributed by atoms with Crippen LogP contribution in [-0.2, 0) is 4.74 Å². The van der Waals surface area contributed by atoms with Crippen molar-refractivity contribution in [2.24, 2.45) is 0 Å². The van der Waals surface area contributed by atoms with Crippen molar-refractivity contribution >= 4 is 28.9 Å². The number of hydrogen-bond acceptors (Lipinski definition) is 5. The van der Waals surface area contributed by atoms with E-state index in [-0.39, 0.29) is 5.91 Å². The normalized spacial score (nSPS) is 13.9. The zero-order valence-corrected chi connectivity index (χ0v) is 16.9. The number of nitrogens with one attached hydrogen (secondary N) is 1. The van der Waals surface area contributed by atoms with Crippen molar-refractivity contribution in [3.8, 4) is 11.5 Å². The van der Waals surface area contributed by atoms with Crippen LogP contribution in [0.5, 0.6) is 11.5 Å². The van der Waals surface area contributed by atoms with Crippen LogP contribution in [0.15, 0.2) is 36.4 Å². The molecule has 7 heteroatoms. The first-order valence-corrected chi connectivity index (χ1v) is 9.83. The summed E-state index contributed by atoms with van der Waals surface area (Å²) in [5.41, 5.74) is 2.03. The molecular formula is C21H25ClN2O4. The summed E-state index contributed by atoms with van der Waals surface area (Å²) < 4.78 is 17.1. The molecule has 1 amide bonds. The highest BCUT2D eigenvalue weighted by Crippen LogP contribution is 2.39.